The number of nitrogens with one attached hydrogen (secondary N) is 2. The molecule has 0 spiro atoms. The molecule has 0 saturated carbocycles. The van der Waals surface area contributed by atoms with Gasteiger partial charge in [-0.1, -0.05) is 12.1 Å². The van der Waals surface area contributed by atoms with Gasteiger partial charge < -0.3 is 9.15 Å². The number of hydrogen-bond donors (Lipinski definition) is 2. The Hall–Kier alpha value is -3.69. The number of benzene rings is 1. The molecule has 10 heteroatoms. The number of ether oxygens (including phenoxy) is 1. The number of furan rings is 1. The van der Waals surface area contributed by atoms with Crippen LogP contribution in [0.3, 0.4) is 0 Å². The van der Waals surface area contributed by atoms with Crippen LogP contribution in [-0.2, 0) is 9.53 Å². The van der Waals surface area contributed by atoms with Crippen LogP contribution >= 0.6 is 0 Å². The molecule has 1 aromatic carbocycles. The Bertz CT molecular complexity index is 815. The first kappa shape index (κ1) is 17.7. The van der Waals surface area contributed by atoms with Crippen molar-refractivity contribution in [2.45, 2.75) is 6.92 Å². The standard InChI is InChI=1S/C15H13N3O7/c1-9-4-2-5-10(13(9)18(22)23)15(21)25-8-12(19)16-17-14(20)11-6-3-7-24-11/h2-7H,8H2,1H3,(H,16,19)(H,17,20). The quantitative estimate of drug-likeness (QED) is 0.469. The van der Waals surface area contributed by atoms with Crippen LogP contribution in [0.1, 0.15) is 26.5 Å². The van der Waals surface area contributed by atoms with E-state index in [4.69, 9.17) is 9.15 Å². The Kier molecular flexibility index (Phi) is 5.46. The van der Waals surface area contributed by atoms with Gasteiger partial charge in [0, 0.05) is 5.56 Å². The number of hydrogen-bond acceptors (Lipinski definition) is 7. The van der Waals surface area contributed by atoms with Crippen LogP contribution in [-0.4, -0.2) is 29.3 Å². The topological polar surface area (TPSA) is 141 Å². The van der Waals surface area contributed by atoms with E-state index >= 15 is 0 Å². The van der Waals surface area contributed by atoms with Crippen molar-refractivity contribution in [1.82, 2.24) is 10.9 Å². The second-order valence-electron chi connectivity index (χ2n) is 4.78. The minimum Gasteiger partial charge on any atom is -0.459 e. The van der Waals surface area contributed by atoms with Crippen molar-refractivity contribution in [2.75, 3.05) is 6.61 Å². The molecular formula is C15H13N3O7. The summed E-state index contributed by atoms with van der Waals surface area (Å²) in [4.78, 5) is 45.4. The van der Waals surface area contributed by atoms with Crippen molar-refractivity contribution in [2.24, 2.45) is 0 Å². The van der Waals surface area contributed by atoms with Gasteiger partial charge >= 0.3 is 11.9 Å². The van der Waals surface area contributed by atoms with Crippen molar-refractivity contribution < 1.29 is 28.5 Å². The molecule has 130 valence electrons. The predicted octanol–water partition coefficient (Wildman–Crippen LogP) is 1.11. The maximum absolute atomic E-state index is 11.9. The summed E-state index contributed by atoms with van der Waals surface area (Å²) in [7, 11) is 0. The largest absolute Gasteiger partial charge is 0.459 e. The third-order valence-corrected chi connectivity index (χ3v) is 3.04. The Labute approximate surface area is 140 Å². The van der Waals surface area contributed by atoms with E-state index in [1.165, 1.54) is 43.5 Å². The monoisotopic (exact) mass is 347 g/mol. The summed E-state index contributed by atoms with van der Waals surface area (Å²) < 4.78 is 9.55. The molecule has 25 heavy (non-hydrogen) atoms. The van der Waals surface area contributed by atoms with Gasteiger partial charge in [0.1, 0.15) is 5.56 Å². The Balaban J connectivity index is 1.90. The SMILES string of the molecule is Cc1cccc(C(=O)OCC(=O)NNC(=O)c2ccco2)c1[N+](=O)[O-]. The number of nitro groups is 1. The first-order chi connectivity index (χ1) is 11.9. The highest BCUT2D eigenvalue weighted by Crippen LogP contribution is 2.23. The van der Waals surface area contributed by atoms with E-state index in [1.54, 1.807) is 0 Å². The van der Waals surface area contributed by atoms with Crippen molar-refractivity contribution in [3.05, 3.63) is 63.6 Å². The third-order valence-electron chi connectivity index (χ3n) is 3.04. The number of nitro benzene ring substituents is 1. The van der Waals surface area contributed by atoms with Crippen LogP contribution in [0.25, 0.3) is 0 Å². The van der Waals surface area contributed by atoms with E-state index in [-0.39, 0.29) is 22.6 Å². The third kappa shape index (κ3) is 4.41. The lowest BCUT2D eigenvalue weighted by molar-refractivity contribution is -0.385. The van der Waals surface area contributed by atoms with Gasteiger partial charge in [0.05, 0.1) is 11.2 Å². The lowest BCUT2D eigenvalue weighted by Gasteiger charge is -2.08. The zero-order valence-electron chi connectivity index (χ0n) is 13.0. The number of amides is 2. The van der Waals surface area contributed by atoms with Crippen LogP contribution in [0.4, 0.5) is 5.69 Å². The maximum Gasteiger partial charge on any atom is 0.345 e. The van der Waals surface area contributed by atoms with Crippen molar-refractivity contribution in [3.63, 3.8) is 0 Å². The summed E-state index contributed by atoms with van der Waals surface area (Å²) in [5.41, 5.74) is 3.70. The number of esters is 1. The molecule has 2 N–H and O–H groups in total. The number of aryl methyl sites for hydroxylation is 1. The lowest BCUT2D eigenvalue weighted by atomic mass is 10.1. The van der Waals surface area contributed by atoms with E-state index < -0.39 is 29.3 Å². The molecule has 1 aromatic heterocycles. The molecule has 0 bridgehead atoms. The van der Waals surface area contributed by atoms with Gasteiger partial charge in [-0.3, -0.25) is 30.6 Å². The summed E-state index contributed by atoms with van der Waals surface area (Å²) in [5, 5.41) is 11.0. The zero-order valence-corrected chi connectivity index (χ0v) is 13.0. The van der Waals surface area contributed by atoms with Crippen molar-refractivity contribution in [3.8, 4) is 0 Å². The molecule has 2 amide bonds. The minimum absolute atomic E-state index is 0.0207. The van der Waals surface area contributed by atoms with Crippen molar-refractivity contribution in [1.29, 1.82) is 0 Å². The van der Waals surface area contributed by atoms with Gasteiger partial charge in [-0.25, -0.2) is 4.79 Å². The minimum atomic E-state index is -1.03. The normalized spacial score (nSPS) is 9.96. The molecule has 0 saturated heterocycles. The molecule has 0 aliphatic rings. The summed E-state index contributed by atoms with van der Waals surface area (Å²) >= 11 is 0. The molecule has 0 atom stereocenters. The van der Waals surface area contributed by atoms with Crippen LogP contribution in [0.2, 0.25) is 0 Å². The number of carbonyl (C=O) groups excluding carboxylic acids is 3. The van der Waals surface area contributed by atoms with Gasteiger partial charge in [-0.15, -0.1) is 0 Å². The highest BCUT2D eigenvalue weighted by atomic mass is 16.6. The van der Waals surface area contributed by atoms with E-state index in [0.717, 1.165) is 0 Å². The number of carbonyl (C=O) groups is 3. The summed E-state index contributed by atoms with van der Waals surface area (Å²) in [5.74, 6) is -2.57. The summed E-state index contributed by atoms with van der Waals surface area (Å²) in [6.45, 7) is 0.744. The van der Waals surface area contributed by atoms with Crippen LogP contribution in [0, 0.1) is 17.0 Å². The average molecular weight is 347 g/mol. The van der Waals surface area contributed by atoms with Gasteiger partial charge in [0.25, 0.3) is 11.6 Å². The Morgan fingerprint density at radius 1 is 1.20 bits per heavy atom. The first-order valence-electron chi connectivity index (χ1n) is 6.94. The molecule has 2 rings (SSSR count). The molecule has 1 heterocycles. The van der Waals surface area contributed by atoms with E-state index in [2.05, 4.69) is 5.43 Å². The van der Waals surface area contributed by atoms with Gasteiger partial charge in [0.15, 0.2) is 12.4 Å². The smallest absolute Gasteiger partial charge is 0.345 e. The Morgan fingerprint density at radius 3 is 2.60 bits per heavy atom. The molecule has 2 aromatic rings. The molecule has 0 aliphatic heterocycles. The molecule has 0 unspecified atom stereocenters. The highest BCUT2D eigenvalue weighted by molar-refractivity contribution is 5.96. The summed E-state index contributed by atoms with van der Waals surface area (Å²) in [6.07, 6.45) is 1.28. The van der Waals surface area contributed by atoms with Gasteiger partial charge in [-0.2, -0.15) is 0 Å². The number of rotatable bonds is 5. The molecule has 0 fully saturated rings. The second-order valence-corrected chi connectivity index (χ2v) is 4.78. The predicted molar refractivity (Wildman–Crippen MR) is 82.4 cm³/mol. The van der Waals surface area contributed by atoms with Crippen LogP contribution < -0.4 is 10.9 Å². The van der Waals surface area contributed by atoms with E-state index in [9.17, 15) is 24.5 Å². The highest BCUT2D eigenvalue weighted by Gasteiger charge is 2.24. The number of hydrazine groups is 1. The fourth-order valence-electron chi connectivity index (χ4n) is 1.91. The van der Waals surface area contributed by atoms with E-state index in [0.29, 0.717) is 0 Å². The van der Waals surface area contributed by atoms with Crippen LogP contribution in [0.15, 0.2) is 41.0 Å². The zero-order chi connectivity index (χ0) is 18.4. The van der Waals surface area contributed by atoms with Gasteiger partial charge in [0.2, 0.25) is 0 Å². The first-order valence-corrected chi connectivity index (χ1v) is 6.94. The Morgan fingerprint density at radius 2 is 1.96 bits per heavy atom. The fraction of sp³-hybridized carbons (Fsp3) is 0.133. The second kappa shape index (κ2) is 7.73. The summed E-state index contributed by atoms with van der Waals surface area (Å²) in [6, 6.07) is 7.05. The molecule has 0 radical (unpaired) electrons. The maximum atomic E-state index is 11.9. The molecule has 10 nitrogen and oxygen atoms in total. The average Bonchev–Trinajstić information content (AvgIpc) is 3.11. The fourth-order valence-corrected chi connectivity index (χ4v) is 1.91. The van der Waals surface area contributed by atoms with Crippen molar-refractivity contribution >= 4 is 23.5 Å². The molecule has 0 aliphatic carbocycles. The van der Waals surface area contributed by atoms with E-state index in [1.807, 2.05) is 5.43 Å². The molecular weight excluding hydrogens is 334 g/mol. The van der Waals surface area contributed by atoms with Gasteiger partial charge in [-0.05, 0) is 25.1 Å². The number of nitrogens with zero attached hydrogens (tertiary/aromatic N) is 1. The van der Waals surface area contributed by atoms with Crippen LogP contribution in [0.5, 0.6) is 0 Å². The number of para-hydroxylation sites is 1. The lowest BCUT2D eigenvalue weighted by Crippen LogP contribution is -2.43.